The van der Waals surface area contributed by atoms with Gasteiger partial charge in [0.2, 0.25) is 0 Å². The molecule has 0 fully saturated rings. The number of benzene rings is 2. The molecule has 3 nitrogen and oxygen atoms in total. The number of sulfonamides is 1. The molecule has 1 heterocycles. The van der Waals surface area contributed by atoms with Gasteiger partial charge < -0.3 is 0 Å². The van der Waals surface area contributed by atoms with Crippen molar-refractivity contribution in [3.63, 3.8) is 0 Å². The molecule has 1 aliphatic rings. The molecular formula is C15H14NO2S. The Bertz CT molecular complexity index is 680. The van der Waals surface area contributed by atoms with Crippen molar-refractivity contribution in [3.05, 3.63) is 60.2 Å². The molecule has 0 aliphatic carbocycles. The van der Waals surface area contributed by atoms with Crippen molar-refractivity contribution < 1.29 is 8.42 Å². The summed E-state index contributed by atoms with van der Waals surface area (Å²) in [4.78, 5) is 0.333. The summed E-state index contributed by atoms with van der Waals surface area (Å²) in [7, 11) is -3.47. The second kappa shape index (κ2) is 4.70. The van der Waals surface area contributed by atoms with Crippen molar-refractivity contribution in [2.45, 2.75) is 17.7 Å². The lowest BCUT2D eigenvalue weighted by atomic mass is 10.0. The van der Waals surface area contributed by atoms with Gasteiger partial charge in [-0.15, -0.1) is 0 Å². The van der Waals surface area contributed by atoms with Crippen molar-refractivity contribution in [2.75, 3.05) is 10.8 Å². The number of hydrogen-bond acceptors (Lipinski definition) is 2. The van der Waals surface area contributed by atoms with Crippen molar-refractivity contribution in [3.8, 4) is 0 Å². The molecule has 19 heavy (non-hydrogen) atoms. The third kappa shape index (κ3) is 2.12. The van der Waals surface area contributed by atoms with Crippen LogP contribution in [-0.2, 0) is 16.4 Å². The van der Waals surface area contributed by atoms with E-state index in [0.29, 0.717) is 17.1 Å². The van der Waals surface area contributed by atoms with Crippen LogP contribution in [0.1, 0.15) is 12.0 Å². The fraction of sp³-hybridized carbons (Fsp3) is 0.200. The normalized spacial score (nSPS) is 15.1. The Morgan fingerprint density at radius 2 is 1.84 bits per heavy atom. The van der Waals surface area contributed by atoms with Gasteiger partial charge in [0.1, 0.15) is 0 Å². The van der Waals surface area contributed by atoms with Crippen LogP contribution < -0.4 is 4.31 Å². The third-order valence-electron chi connectivity index (χ3n) is 3.31. The van der Waals surface area contributed by atoms with Gasteiger partial charge in [0.05, 0.1) is 10.6 Å². The molecule has 1 aliphatic heterocycles. The minimum atomic E-state index is -3.47. The molecule has 4 heteroatoms. The first kappa shape index (κ1) is 12.2. The smallest absolute Gasteiger partial charge is 0.264 e. The van der Waals surface area contributed by atoms with Crippen LogP contribution in [0.2, 0.25) is 0 Å². The Morgan fingerprint density at radius 1 is 1.05 bits per heavy atom. The number of hydrogen-bond donors (Lipinski definition) is 0. The maximum absolute atomic E-state index is 12.7. The standard InChI is InChI=1S/C15H14NO2S/c17-19(18,14-9-2-1-3-10-14)16-12-6-8-13-7-4-5-11-15(13)16/h1-5,7,9-10H,6,8,12H2. The number of anilines is 1. The SMILES string of the molecule is O=S(=O)(c1ccccc1)N1CCCc2ccc[c]c21. The van der Waals surface area contributed by atoms with E-state index in [1.807, 2.05) is 18.2 Å². The molecule has 0 unspecified atom stereocenters. The minimum Gasteiger partial charge on any atom is -0.265 e. The van der Waals surface area contributed by atoms with Crippen LogP contribution in [0.15, 0.2) is 53.4 Å². The van der Waals surface area contributed by atoms with Gasteiger partial charge in [0.15, 0.2) is 0 Å². The van der Waals surface area contributed by atoms with Crippen LogP contribution in [0, 0.1) is 6.07 Å². The highest BCUT2D eigenvalue weighted by atomic mass is 32.2. The molecule has 2 aromatic carbocycles. The lowest BCUT2D eigenvalue weighted by molar-refractivity contribution is 0.586. The minimum absolute atomic E-state index is 0.333. The van der Waals surface area contributed by atoms with Crippen molar-refractivity contribution in [1.29, 1.82) is 0 Å². The average molecular weight is 272 g/mol. The molecule has 0 aromatic heterocycles. The van der Waals surface area contributed by atoms with E-state index in [4.69, 9.17) is 0 Å². The molecular weight excluding hydrogens is 258 g/mol. The van der Waals surface area contributed by atoms with E-state index in [2.05, 4.69) is 6.07 Å². The Hall–Kier alpha value is -1.81. The third-order valence-corrected chi connectivity index (χ3v) is 5.12. The predicted octanol–water partition coefficient (Wildman–Crippen LogP) is 2.63. The second-order valence-corrected chi connectivity index (χ2v) is 6.40. The van der Waals surface area contributed by atoms with Crippen LogP contribution in [0.4, 0.5) is 5.69 Å². The zero-order valence-corrected chi connectivity index (χ0v) is 11.2. The first-order valence-corrected chi connectivity index (χ1v) is 7.71. The molecule has 0 atom stereocenters. The van der Waals surface area contributed by atoms with Gasteiger partial charge in [-0.25, -0.2) is 8.42 Å². The van der Waals surface area contributed by atoms with Gasteiger partial charge in [0, 0.05) is 12.6 Å². The Labute approximate surface area is 113 Å². The maximum atomic E-state index is 12.7. The van der Waals surface area contributed by atoms with E-state index in [0.717, 1.165) is 18.4 Å². The van der Waals surface area contributed by atoms with Gasteiger partial charge in [-0.3, -0.25) is 4.31 Å². The summed E-state index contributed by atoms with van der Waals surface area (Å²) in [6.45, 7) is 0.519. The summed E-state index contributed by atoms with van der Waals surface area (Å²) in [6.07, 6.45) is 1.75. The number of fused-ring (bicyclic) bond motifs is 1. The maximum Gasteiger partial charge on any atom is 0.264 e. The Morgan fingerprint density at radius 3 is 2.63 bits per heavy atom. The molecule has 0 bridgehead atoms. The molecule has 0 saturated carbocycles. The van der Waals surface area contributed by atoms with Gasteiger partial charge in [-0.1, -0.05) is 36.4 Å². The highest BCUT2D eigenvalue weighted by Gasteiger charge is 2.28. The number of rotatable bonds is 2. The summed E-state index contributed by atoms with van der Waals surface area (Å²) < 4.78 is 26.8. The van der Waals surface area contributed by atoms with Gasteiger partial charge >= 0.3 is 0 Å². The van der Waals surface area contributed by atoms with Crippen LogP contribution in [-0.4, -0.2) is 15.0 Å². The van der Waals surface area contributed by atoms with Gasteiger partial charge in [-0.2, -0.15) is 0 Å². The monoisotopic (exact) mass is 272 g/mol. The molecule has 0 spiro atoms. The predicted molar refractivity (Wildman–Crippen MR) is 74.6 cm³/mol. The van der Waals surface area contributed by atoms with Gasteiger partial charge in [-0.05, 0) is 30.5 Å². The van der Waals surface area contributed by atoms with Crippen LogP contribution in [0.25, 0.3) is 0 Å². The number of nitrogens with zero attached hydrogens (tertiary/aromatic N) is 1. The lowest BCUT2D eigenvalue weighted by Crippen LogP contribution is -2.35. The molecule has 3 rings (SSSR count). The Kier molecular flexibility index (Phi) is 3.03. The highest BCUT2D eigenvalue weighted by Crippen LogP contribution is 2.31. The molecule has 0 N–H and O–H groups in total. The molecule has 97 valence electrons. The first-order chi connectivity index (χ1) is 9.19. The summed E-state index contributed by atoms with van der Waals surface area (Å²) in [6, 6.07) is 17.3. The van der Waals surface area contributed by atoms with Crippen LogP contribution in [0.5, 0.6) is 0 Å². The molecule has 2 aromatic rings. The average Bonchev–Trinajstić information content (AvgIpc) is 2.47. The van der Waals surface area contributed by atoms with Crippen LogP contribution >= 0.6 is 0 Å². The van der Waals surface area contributed by atoms with E-state index in [1.165, 1.54) is 4.31 Å². The lowest BCUT2D eigenvalue weighted by Gasteiger charge is -2.30. The summed E-state index contributed by atoms with van der Waals surface area (Å²) in [5.74, 6) is 0. The number of aryl methyl sites for hydroxylation is 1. The van der Waals surface area contributed by atoms with E-state index in [1.54, 1.807) is 30.3 Å². The van der Waals surface area contributed by atoms with E-state index < -0.39 is 10.0 Å². The largest absolute Gasteiger partial charge is 0.265 e. The quantitative estimate of drug-likeness (QED) is 0.842. The molecule has 0 saturated heterocycles. The Balaban J connectivity index is 2.09. The molecule has 1 radical (unpaired) electrons. The van der Waals surface area contributed by atoms with E-state index >= 15 is 0 Å². The fourth-order valence-corrected chi connectivity index (χ4v) is 3.92. The van der Waals surface area contributed by atoms with Crippen molar-refractivity contribution in [1.82, 2.24) is 0 Å². The fourth-order valence-electron chi connectivity index (χ4n) is 2.38. The van der Waals surface area contributed by atoms with Crippen molar-refractivity contribution >= 4 is 15.7 Å². The first-order valence-electron chi connectivity index (χ1n) is 6.27. The topological polar surface area (TPSA) is 37.4 Å². The summed E-state index contributed by atoms with van der Waals surface area (Å²) >= 11 is 0. The zero-order valence-electron chi connectivity index (χ0n) is 10.4. The van der Waals surface area contributed by atoms with E-state index in [9.17, 15) is 8.42 Å². The van der Waals surface area contributed by atoms with E-state index in [-0.39, 0.29) is 0 Å². The van der Waals surface area contributed by atoms with Crippen molar-refractivity contribution in [2.24, 2.45) is 0 Å². The molecule has 0 amide bonds. The summed E-state index contributed by atoms with van der Waals surface area (Å²) in [5, 5.41) is 0. The van der Waals surface area contributed by atoms with Gasteiger partial charge in [0.25, 0.3) is 10.0 Å². The number of para-hydroxylation sites is 1. The zero-order chi connectivity index (χ0) is 13.3. The highest BCUT2D eigenvalue weighted by molar-refractivity contribution is 7.92. The second-order valence-electron chi connectivity index (χ2n) is 4.54. The van der Waals surface area contributed by atoms with Crippen LogP contribution in [0.3, 0.4) is 0 Å². The summed E-state index contributed by atoms with van der Waals surface area (Å²) in [5.41, 5.74) is 1.74.